The number of nitrogens with one attached hydrogen (secondary N) is 2. The first-order valence-corrected chi connectivity index (χ1v) is 9.99. The van der Waals surface area contributed by atoms with Gasteiger partial charge >= 0.3 is 0 Å². The molecule has 156 valence electrons. The number of carbonyl (C=O) groups excluding carboxylic acids is 1. The Bertz CT molecular complexity index is 535. The van der Waals surface area contributed by atoms with E-state index in [1.54, 1.807) is 0 Å². The molecule has 2 rings (SSSR count). The van der Waals surface area contributed by atoms with Crippen LogP contribution < -0.4 is 10.6 Å². The van der Waals surface area contributed by atoms with Gasteiger partial charge in [0.2, 0.25) is 5.91 Å². The van der Waals surface area contributed by atoms with E-state index in [4.69, 9.17) is 11.6 Å². The summed E-state index contributed by atoms with van der Waals surface area (Å²) in [5.41, 5.74) is 1.09. The number of piperidine rings is 1. The van der Waals surface area contributed by atoms with E-state index in [0.717, 1.165) is 43.2 Å². The zero-order valence-corrected chi connectivity index (χ0v) is 18.8. The molecular weight excluding hydrogens is 405 g/mol. The summed E-state index contributed by atoms with van der Waals surface area (Å²) < 4.78 is 0. The van der Waals surface area contributed by atoms with Gasteiger partial charge in [0, 0.05) is 18.0 Å². The summed E-state index contributed by atoms with van der Waals surface area (Å²) in [6.07, 6.45) is 4.00. The normalized spacial score (nSPS) is 15.6. The van der Waals surface area contributed by atoms with Crippen LogP contribution in [0.1, 0.15) is 51.1 Å². The number of benzene rings is 1. The van der Waals surface area contributed by atoms with E-state index in [1.807, 2.05) is 18.2 Å². The lowest BCUT2D eigenvalue weighted by Gasteiger charge is -2.31. The molecule has 1 unspecified atom stereocenters. The topological polar surface area (TPSA) is 44.4 Å². The highest BCUT2D eigenvalue weighted by Gasteiger charge is 2.21. The summed E-state index contributed by atoms with van der Waals surface area (Å²) in [4.78, 5) is 14.7. The molecule has 0 bridgehead atoms. The summed E-state index contributed by atoms with van der Waals surface area (Å²) in [6.45, 7) is 8.93. The summed E-state index contributed by atoms with van der Waals surface area (Å²) in [5, 5.41) is 7.28. The van der Waals surface area contributed by atoms with Gasteiger partial charge in [-0.3, -0.25) is 9.69 Å². The second-order valence-corrected chi connectivity index (χ2v) is 7.20. The van der Waals surface area contributed by atoms with Gasteiger partial charge in [-0.25, -0.2) is 0 Å². The Kier molecular flexibility index (Phi) is 14.2. The Hall–Kier alpha value is -0.520. The highest BCUT2D eigenvalue weighted by Crippen LogP contribution is 2.27. The molecule has 0 aliphatic carbocycles. The average Bonchev–Trinajstić information content (AvgIpc) is 2.65. The van der Waals surface area contributed by atoms with Crippen molar-refractivity contribution in [3.63, 3.8) is 0 Å². The smallest absolute Gasteiger partial charge is 0.220 e. The maximum absolute atomic E-state index is 12.3. The summed E-state index contributed by atoms with van der Waals surface area (Å²) in [6, 6.07) is 8.06. The second kappa shape index (κ2) is 14.5. The number of halogens is 3. The summed E-state index contributed by atoms with van der Waals surface area (Å²) in [7, 11) is 0. The van der Waals surface area contributed by atoms with Gasteiger partial charge in [0.1, 0.15) is 0 Å². The molecule has 0 saturated carbocycles. The molecule has 0 spiro atoms. The van der Waals surface area contributed by atoms with Crippen LogP contribution in [0.15, 0.2) is 24.3 Å². The number of rotatable bonds is 9. The first-order chi connectivity index (χ1) is 12.2. The third kappa shape index (κ3) is 8.57. The molecule has 1 amide bonds. The van der Waals surface area contributed by atoms with E-state index in [1.165, 1.54) is 12.8 Å². The molecule has 1 aromatic carbocycles. The summed E-state index contributed by atoms with van der Waals surface area (Å²) >= 11 is 6.41. The van der Waals surface area contributed by atoms with Crippen molar-refractivity contribution in [1.29, 1.82) is 0 Å². The molecular formula is C20H34Cl3N3O. The first kappa shape index (κ1) is 26.5. The van der Waals surface area contributed by atoms with E-state index in [2.05, 4.69) is 35.4 Å². The van der Waals surface area contributed by atoms with Crippen LogP contribution in [0.2, 0.25) is 5.02 Å². The van der Waals surface area contributed by atoms with Gasteiger partial charge < -0.3 is 10.6 Å². The van der Waals surface area contributed by atoms with Gasteiger partial charge in [0.25, 0.3) is 0 Å². The Balaban J connectivity index is 0.00000338. The van der Waals surface area contributed by atoms with E-state index < -0.39 is 0 Å². The highest BCUT2D eigenvalue weighted by molar-refractivity contribution is 6.31. The molecule has 1 aliphatic heterocycles. The molecule has 7 heteroatoms. The predicted molar refractivity (Wildman–Crippen MR) is 119 cm³/mol. The largest absolute Gasteiger partial charge is 0.354 e. The molecule has 27 heavy (non-hydrogen) atoms. The number of hydrogen-bond donors (Lipinski definition) is 2. The molecule has 1 aliphatic rings. The molecule has 2 N–H and O–H groups in total. The number of amides is 1. The molecule has 0 aromatic heterocycles. The van der Waals surface area contributed by atoms with Crippen molar-refractivity contribution < 1.29 is 4.79 Å². The average molecular weight is 439 g/mol. The monoisotopic (exact) mass is 437 g/mol. The van der Waals surface area contributed by atoms with E-state index in [0.29, 0.717) is 18.9 Å². The highest BCUT2D eigenvalue weighted by atomic mass is 35.5. The van der Waals surface area contributed by atoms with Crippen molar-refractivity contribution in [3.05, 3.63) is 34.9 Å². The van der Waals surface area contributed by atoms with Gasteiger partial charge in [-0.2, -0.15) is 0 Å². The van der Waals surface area contributed by atoms with E-state index in [9.17, 15) is 4.79 Å². The molecule has 1 heterocycles. The van der Waals surface area contributed by atoms with Crippen molar-refractivity contribution >= 4 is 42.3 Å². The Labute approximate surface area is 181 Å². The van der Waals surface area contributed by atoms with Gasteiger partial charge in [0.05, 0.1) is 6.04 Å². The van der Waals surface area contributed by atoms with Crippen molar-refractivity contribution in [2.24, 2.45) is 5.92 Å². The van der Waals surface area contributed by atoms with E-state index in [-0.39, 0.29) is 36.8 Å². The second-order valence-electron chi connectivity index (χ2n) is 6.79. The Morgan fingerprint density at radius 3 is 2.44 bits per heavy atom. The summed E-state index contributed by atoms with van der Waals surface area (Å²) in [5.74, 6) is 0.844. The fraction of sp³-hybridized carbons (Fsp3) is 0.650. The van der Waals surface area contributed by atoms with Gasteiger partial charge in [0.15, 0.2) is 0 Å². The molecule has 1 saturated heterocycles. The minimum Gasteiger partial charge on any atom is -0.354 e. The Morgan fingerprint density at radius 2 is 1.85 bits per heavy atom. The van der Waals surface area contributed by atoms with Crippen LogP contribution in [0, 0.1) is 5.92 Å². The lowest BCUT2D eigenvalue weighted by Crippen LogP contribution is -2.38. The quantitative estimate of drug-likeness (QED) is 0.598. The van der Waals surface area contributed by atoms with Gasteiger partial charge in [-0.1, -0.05) is 43.6 Å². The van der Waals surface area contributed by atoms with Crippen LogP contribution in [0.25, 0.3) is 0 Å². The third-order valence-corrected chi connectivity index (χ3v) is 5.59. The lowest BCUT2D eigenvalue weighted by atomic mass is 9.93. The maximum atomic E-state index is 12.3. The zero-order valence-electron chi connectivity index (χ0n) is 16.4. The van der Waals surface area contributed by atoms with Gasteiger partial charge in [-0.05, 0) is 63.0 Å². The van der Waals surface area contributed by atoms with Crippen LogP contribution in [-0.4, -0.2) is 43.5 Å². The van der Waals surface area contributed by atoms with Gasteiger partial charge in [-0.15, -0.1) is 24.8 Å². The zero-order chi connectivity index (χ0) is 18.1. The maximum Gasteiger partial charge on any atom is 0.220 e. The lowest BCUT2D eigenvalue weighted by molar-refractivity contribution is -0.121. The van der Waals surface area contributed by atoms with Crippen LogP contribution in [-0.2, 0) is 4.79 Å². The minimum atomic E-state index is 0. The van der Waals surface area contributed by atoms with Crippen molar-refractivity contribution in [2.45, 2.75) is 45.6 Å². The molecule has 0 radical (unpaired) electrons. The number of nitrogens with zero attached hydrogens (tertiary/aromatic N) is 1. The first-order valence-electron chi connectivity index (χ1n) is 9.61. The SMILES string of the molecule is CCN(CC)C(CNC(=O)CCC1CCNCC1)c1ccccc1Cl.Cl.Cl. The fourth-order valence-electron chi connectivity index (χ4n) is 3.65. The third-order valence-electron chi connectivity index (χ3n) is 5.25. The standard InChI is InChI=1S/C20H32ClN3O.2ClH/c1-3-24(4-2)19(17-7-5-6-8-18(17)21)15-23-20(25)10-9-16-11-13-22-14-12-16;;/h5-8,16,19,22H,3-4,9-15H2,1-2H3,(H,23,25);2*1H. The van der Waals surface area contributed by atoms with Crippen molar-refractivity contribution in [1.82, 2.24) is 15.5 Å². The molecule has 1 aromatic rings. The van der Waals surface area contributed by atoms with Crippen molar-refractivity contribution in [3.8, 4) is 0 Å². The fourth-order valence-corrected chi connectivity index (χ4v) is 3.91. The Morgan fingerprint density at radius 1 is 1.22 bits per heavy atom. The molecule has 1 atom stereocenters. The van der Waals surface area contributed by atoms with Crippen LogP contribution in [0.4, 0.5) is 0 Å². The van der Waals surface area contributed by atoms with Crippen LogP contribution in [0.5, 0.6) is 0 Å². The van der Waals surface area contributed by atoms with Crippen LogP contribution >= 0.6 is 36.4 Å². The number of carbonyl (C=O) groups is 1. The van der Waals surface area contributed by atoms with Crippen molar-refractivity contribution in [2.75, 3.05) is 32.7 Å². The van der Waals surface area contributed by atoms with Crippen LogP contribution in [0.3, 0.4) is 0 Å². The van der Waals surface area contributed by atoms with E-state index >= 15 is 0 Å². The minimum absolute atomic E-state index is 0. The molecule has 4 nitrogen and oxygen atoms in total. The predicted octanol–water partition coefficient (Wildman–Crippen LogP) is 4.46. The number of likely N-dealkylation sites (N-methyl/N-ethyl adjacent to an activating group) is 1. The number of hydrogen-bond acceptors (Lipinski definition) is 3. The molecule has 1 fully saturated rings.